The number of allylic oxidation sites excluding steroid dienone is 2. The first-order valence-electron chi connectivity index (χ1n) is 12.2. The number of amides is 1. The van der Waals surface area contributed by atoms with Crippen molar-refractivity contribution < 1.29 is 4.79 Å². The largest absolute Gasteiger partial charge is 0.360 e. The van der Waals surface area contributed by atoms with Crippen LogP contribution in [0.2, 0.25) is 0 Å². The standard InChI is InChI=1S/C26H31N7O/c1-32-13-10-28-24(32)17-33-11-8-18(9-12-33)20-6-7-23(22(14-20)19-4-2-3-5-19)31-26(34)25-29-16-21(15-27)30-25/h4,6-7,14,16,18H,2-3,5,8-13,17H2,1H3,(H,29,30)(H,31,34). The SMILES string of the molecule is CN1CCN=C1CN1CCC(c2ccc(NC(=O)c3ncc(C#N)[nH]3)c(C3=CCCC3)c2)CC1. The molecule has 1 amide bonds. The number of aliphatic imine (C=N–C) groups is 1. The fourth-order valence-electron chi connectivity index (χ4n) is 5.15. The van der Waals surface area contributed by atoms with Crippen LogP contribution in [0.3, 0.4) is 0 Å². The van der Waals surface area contributed by atoms with Gasteiger partial charge >= 0.3 is 0 Å². The second-order valence-electron chi connectivity index (χ2n) is 9.41. The predicted octanol–water partition coefficient (Wildman–Crippen LogP) is 3.62. The van der Waals surface area contributed by atoms with Crippen LogP contribution in [-0.4, -0.2) is 71.3 Å². The van der Waals surface area contributed by atoms with Gasteiger partial charge in [-0.2, -0.15) is 5.26 Å². The van der Waals surface area contributed by atoms with E-state index in [9.17, 15) is 4.79 Å². The minimum atomic E-state index is -0.331. The Morgan fingerprint density at radius 3 is 2.82 bits per heavy atom. The molecule has 3 heterocycles. The molecule has 2 N–H and O–H groups in total. The zero-order chi connectivity index (χ0) is 23.5. The zero-order valence-corrected chi connectivity index (χ0v) is 19.7. The first-order chi connectivity index (χ1) is 16.6. The number of amidine groups is 1. The number of aromatic amines is 1. The van der Waals surface area contributed by atoms with Crippen LogP contribution >= 0.6 is 0 Å². The lowest BCUT2D eigenvalue weighted by Crippen LogP contribution is -2.40. The summed E-state index contributed by atoms with van der Waals surface area (Å²) in [4.78, 5) is 29.0. The average Bonchev–Trinajstić information content (AvgIpc) is 3.63. The molecule has 2 aromatic rings. The molecule has 3 aliphatic rings. The van der Waals surface area contributed by atoms with E-state index >= 15 is 0 Å². The van der Waals surface area contributed by atoms with E-state index in [1.54, 1.807) is 0 Å². The Morgan fingerprint density at radius 2 is 2.15 bits per heavy atom. The van der Waals surface area contributed by atoms with Gasteiger partial charge in [-0.25, -0.2) is 4.98 Å². The van der Waals surface area contributed by atoms with Crippen molar-refractivity contribution in [2.75, 3.05) is 45.1 Å². The molecule has 176 valence electrons. The molecule has 1 aliphatic carbocycles. The summed E-state index contributed by atoms with van der Waals surface area (Å²) in [5, 5.41) is 12.0. The van der Waals surface area contributed by atoms with Gasteiger partial charge in [0.2, 0.25) is 0 Å². The Hall–Kier alpha value is -3.44. The van der Waals surface area contributed by atoms with Crippen LogP contribution in [0.5, 0.6) is 0 Å². The normalized spacial score (nSPS) is 19.1. The number of H-pyrrole nitrogens is 1. The lowest BCUT2D eigenvalue weighted by molar-refractivity contribution is 0.101. The highest BCUT2D eigenvalue weighted by molar-refractivity contribution is 6.03. The Kier molecular flexibility index (Phi) is 6.45. The lowest BCUT2D eigenvalue weighted by atomic mass is 9.87. The van der Waals surface area contributed by atoms with Crippen LogP contribution in [0.25, 0.3) is 5.57 Å². The van der Waals surface area contributed by atoms with E-state index in [1.807, 2.05) is 12.1 Å². The van der Waals surface area contributed by atoms with Gasteiger partial charge < -0.3 is 15.2 Å². The highest BCUT2D eigenvalue weighted by Crippen LogP contribution is 2.37. The quantitative estimate of drug-likeness (QED) is 0.690. The molecule has 2 aliphatic heterocycles. The second kappa shape index (κ2) is 9.82. The summed E-state index contributed by atoms with van der Waals surface area (Å²) in [6, 6.07) is 8.45. The fourth-order valence-corrected chi connectivity index (χ4v) is 5.15. The maximum absolute atomic E-state index is 12.7. The Bertz CT molecular complexity index is 1160. The molecule has 8 heteroatoms. The van der Waals surface area contributed by atoms with Gasteiger partial charge in [-0.1, -0.05) is 12.1 Å². The first-order valence-corrected chi connectivity index (χ1v) is 12.2. The number of nitrogens with one attached hydrogen (secondary N) is 2. The Balaban J connectivity index is 1.30. The summed E-state index contributed by atoms with van der Waals surface area (Å²) in [5.74, 6) is 1.56. The van der Waals surface area contributed by atoms with Crippen molar-refractivity contribution in [2.24, 2.45) is 4.99 Å². The molecule has 1 fully saturated rings. The van der Waals surface area contributed by atoms with Crippen molar-refractivity contribution in [3.63, 3.8) is 0 Å². The van der Waals surface area contributed by atoms with Crippen LogP contribution in [0.15, 0.2) is 35.5 Å². The molecule has 0 spiro atoms. The number of hydrogen-bond acceptors (Lipinski definition) is 6. The summed E-state index contributed by atoms with van der Waals surface area (Å²) < 4.78 is 0. The van der Waals surface area contributed by atoms with Crippen molar-refractivity contribution in [1.29, 1.82) is 5.26 Å². The summed E-state index contributed by atoms with van der Waals surface area (Å²) in [5.41, 5.74) is 4.84. The van der Waals surface area contributed by atoms with Crippen molar-refractivity contribution in [3.8, 4) is 6.07 Å². The number of nitrogens with zero attached hydrogens (tertiary/aromatic N) is 5. The number of benzene rings is 1. The molecule has 0 saturated carbocycles. The van der Waals surface area contributed by atoms with Crippen LogP contribution in [0, 0.1) is 11.3 Å². The van der Waals surface area contributed by atoms with E-state index in [0.29, 0.717) is 5.92 Å². The van der Waals surface area contributed by atoms with Crippen molar-refractivity contribution in [3.05, 3.63) is 53.1 Å². The minimum Gasteiger partial charge on any atom is -0.360 e. The molecule has 0 atom stereocenters. The van der Waals surface area contributed by atoms with E-state index in [-0.39, 0.29) is 17.4 Å². The van der Waals surface area contributed by atoms with Gasteiger partial charge in [-0.05, 0) is 74.4 Å². The maximum atomic E-state index is 12.7. The molecule has 0 bridgehead atoms. The van der Waals surface area contributed by atoms with E-state index in [1.165, 1.54) is 23.2 Å². The summed E-state index contributed by atoms with van der Waals surface area (Å²) >= 11 is 0. The summed E-state index contributed by atoms with van der Waals surface area (Å²) in [6.45, 7) is 5.06. The predicted molar refractivity (Wildman–Crippen MR) is 133 cm³/mol. The molecule has 8 nitrogen and oxygen atoms in total. The van der Waals surface area contributed by atoms with Gasteiger partial charge in [0.25, 0.3) is 5.91 Å². The molecule has 1 saturated heterocycles. The number of aromatic nitrogens is 2. The Labute approximate surface area is 200 Å². The second-order valence-corrected chi connectivity index (χ2v) is 9.41. The maximum Gasteiger partial charge on any atom is 0.291 e. The number of likely N-dealkylation sites (N-methyl/N-ethyl adjacent to an activating group) is 1. The lowest BCUT2D eigenvalue weighted by Gasteiger charge is -2.33. The van der Waals surface area contributed by atoms with E-state index in [4.69, 9.17) is 5.26 Å². The van der Waals surface area contributed by atoms with Crippen LogP contribution in [0.4, 0.5) is 5.69 Å². The third-order valence-corrected chi connectivity index (χ3v) is 7.18. The third-order valence-electron chi connectivity index (χ3n) is 7.18. The number of anilines is 1. The molecule has 0 radical (unpaired) electrons. The summed E-state index contributed by atoms with van der Waals surface area (Å²) in [6.07, 6.45) is 9.18. The minimum absolute atomic E-state index is 0.150. The van der Waals surface area contributed by atoms with Crippen LogP contribution in [0.1, 0.15) is 65.5 Å². The summed E-state index contributed by atoms with van der Waals surface area (Å²) in [7, 11) is 2.13. The molecule has 1 aromatic heterocycles. The van der Waals surface area contributed by atoms with Gasteiger partial charge in [0.1, 0.15) is 17.6 Å². The van der Waals surface area contributed by atoms with Gasteiger partial charge in [0.15, 0.2) is 5.82 Å². The molecular formula is C26H31N7O. The number of carbonyl (C=O) groups is 1. The third kappa shape index (κ3) is 4.75. The number of nitriles is 1. The topological polar surface area (TPSA) is 100 Å². The van der Waals surface area contributed by atoms with Crippen molar-refractivity contribution in [2.45, 2.75) is 38.0 Å². The molecular weight excluding hydrogens is 426 g/mol. The van der Waals surface area contributed by atoms with Crippen molar-refractivity contribution >= 4 is 23.0 Å². The molecule has 34 heavy (non-hydrogen) atoms. The number of hydrogen-bond donors (Lipinski definition) is 2. The first kappa shape index (κ1) is 22.4. The van der Waals surface area contributed by atoms with E-state index < -0.39 is 0 Å². The fraction of sp³-hybridized carbons (Fsp3) is 0.462. The number of rotatable bonds is 6. The highest BCUT2D eigenvalue weighted by Gasteiger charge is 2.25. The van der Waals surface area contributed by atoms with Crippen molar-refractivity contribution in [1.82, 2.24) is 19.8 Å². The number of carbonyl (C=O) groups excluding carboxylic acids is 1. The molecule has 1 aromatic carbocycles. The average molecular weight is 458 g/mol. The van der Waals surface area contributed by atoms with Gasteiger partial charge in [0.05, 0.1) is 19.3 Å². The highest BCUT2D eigenvalue weighted by atomic mass is 16.2. The van der Waals surface area contributed by atoms with E-state index in [0.717, 1.165) is 76.1 Å². The number of piperidine rings is 1. The number of likely N-dealkylation sites (tertiary alicyclic amines) is 1. The monoisotopic (exact) mass is 457 g/mol. The van der Waals surface area contributed by atoms with Crippen LogP contribution in [-0.2, 0) is 0 Å². The van der Waals surface area contributed by atoms with Gasteiger partial charge in [-0.3, -0.25) is 14.7 Å². The van der Waals surface area contributed by atoms with E-state index in [2.05, 4.69) is 55.3 Å². The smallest absolute Gasteiger partial charge is 0.291 e. The Morgan fingerprint density at radius 1 is 1.29 bits per heavy atom. The molecule has 0 unspecified atom stereocenters. The number of imidazole rings is 1. The van der Waals surface area contributed by atoms with Gasteiger partial charge in [0, 0.05) is 24.8 Å². The zero-order valence-electron chi connectivity index (χ0n) is 19.7. The van der Waals surface area contributed by atoms with Crippen LogP contribution < -0.4 is 5.32 Å². The van der Waals surface area contributed by atoms with Gasteiger partial charge in [-0.15, -0.1) is 0 Å². The molecule has 5 rings (SSSR count).